The molecule has 0 radical (unpaired) electrons. The highest BCUT2D eigenvalue weighted by Gasteiger charge is 2.22. The van der Waals surface area contributed by atoms with E-state index in [1.165, 1.54) is 4.90 Å². The number of ketones is 1. The number of aromatic nitrogens is 1. The van der Waals surface area contributed by atoms with Crippen LogP contribution in [-0.2, 0) is 4.74 Å². The van der Waals surface area contributed by atoms with Crippen molar-refractivity contribution in [2.75, 3.05) is 32.6 Å². The van der Waals surface area contributed by atoms with E-state index < -0.39 is 0 Å². The fraction of sp³-hybridized carbons (Fsp3) is 0.200. The molecular weight excluding hydrogens is 366 g/mol. The smallest absolute Gasteiger partial charge is 0.321 e. The number of hydrogen-bond donors (Lipinski definition) is 2. The molecule has 1 heterocycles. The van der Waals surface area contributed by atoms with Gasteiger partial charge in [-0.2, -0.15) is 0 Å². The first-order valence-electron chi connectivity index (χ1n) is 8.43. The number of hydrogen-bond acceptors (Lipinski definition) is 3. The summed E-state index contributed by atoms with van der Waals surface area (Å²) in [5.41, 5.74) is 1.95. The number of nitrogens with zero attached hydrogens (tertiary/aromatic N) is 1. The second kappa shape index (κ2) is 8.24. The third-order valence-corrected chi connectivity index (χ3v) is 4.47. The molecule has 0 saturated heterocycles. The number of nitrogens with one attached hydrogen (secondary N) is 2. The molecule has 0 bridgehead atoms. The number of likely N-dealkylation sites (N-methyl/N-ethyl adjacent to an activating group) is 1. The molecular formula is C20H20ClN3O3. The molecule has 0 saturated carbocycles. The van der Waals surface area contributed by atoms with Gasteiger partial charge in [0.25, 0.3) is 0 Å². The fourth-order valence-electron chi connectivity index (χ4n) is 2.74. The van der Waals surface area contributed by atoms with Gasteiger partial charge in [0, 0.05) is 42.2 Å². The molecule has 0 aliphatic carbocycles. The van der Waals surface area contributed by atoms with Crippen LogP contribution in [0.5, 0.6) is 0 Å². The van der Waals surface area contributed by atoms with Crippen molar-refractivity contribution in [1.82, 2.24) is 9.88 Å². The molecule has 0 atom stereocenters. The lowest BCUT2D eigenvalue weighted by atomic mass is 10.1. The normalized spacial score (nSPS) is 10.8. The van der Waals surface area contributed by atoms with Crippen LogP contribution in [0.15, 0.2) is 48.5 Å². The van der Waals surface area contributed by atoms with E-state index in [1.807, 2.05) is 6.07 Å². The van der Waals surface area contributed by atoms with E-state index in [4.69, 9.17) is 16.3 Å². The third kappa shape index (κ3) is 4.13. The summed E-state index contributed by atoms with van der Waals surface area (Å²) >= 11 is 6.08. The van der Waals surface area contributed by atoms with Crippen molar-refractivity contribution >= 4 is 40.0 Å². The zero-order valence-electron chi connectivity index (χ0n) is 15.1. The van der Waals surface area contributed by atoms with Gasteiger partial charge in [-0.15, -0.1) is 0 Å². The number of H-pyrrole nitrogens is 1. The highest BCUT2D eigenvalue weighted by Crippen LogP contribution is 2.31. The fourth-order valence-corrected chi connectivity index (χ4v) is 2.91. The molecule has 2 aromatic carbocycles. The van der Waals surface area contributed by atoms with Crippen molar-refractivity contribution in [3.8, 4) is 0 Å². The zero-order chi connectivity index (χ0) is 19.4. The first kappa shape index (κ1) is 18.9. The molecule has 3 aromatic rings. The van der Waals surface area contributed by atoms with Gasteiger partial charge in [-0.25, -0.2) is 4.79 Å². The Bertz CT molecular complexity index is 969. The molecule has 3 rings (SSSR count). The predicted molar refractivity (Wildman–Crippen MR) is 107 cm³/mol. The molecule has 140 valence electrons. The van der Waals surface area contributed by atoms with Crippen LogP contribution in [0.3, 0.4) is 0 Å². The largest absolute Gasteiger partial charge is 0.383 e. The average Bonchev–Trinajstić information content (AvgIpc) is 3.03. The minimum atomic E-state index is -0.329. The van der Waals surface area contributed by atoms with Crippen molar-refractivity contribution < 1.29 is 14.3 Å². The van der Waals surface area contributed by atoms with E-state index in [0.29, 0.717) is 46.0 Å². The van der Waals surface area contributed by atoms with E-state index in [-0.39, 0.29) is 11.8 Å². The Balaban J connectivity index is 2.01. The minimum Gasteiger partial charge on any atom is -0.383 e. The minimum absolute atomic E-state index is 0.210. The summed E-state index contributed by atoms with van der Waals surface area (Å²) in [7, 11) is 3.24. The molecule has 7 heteroatoms. The Kier molecular flexibility index (Phi) is 5.78. The predicted octanol–water partition coefficient (Wildman–Crippen LogP) is 4.16. The monoisotopic (exact) mass is 385 g/mol. The van der Waals surface area contributed by atoms with Crippen LogP contribution in [-0.4, -0.2) is 49.0 Å². The van der Waals surface area contributed by atoms with Gasteiger partial charge in [0.05, 0.1) is 12.3 Å². The van der Waals surface area contributed by atoms with E-state index in [1.54, 1.807) is 56.6 Å². The summed E-state index contributed by atoms with van der Waals surface area (Å²) in [6, 6.07) is 13.8. The number of amides is 2. The first-order valence-corrected chi connectivity index (χ1v) is 8.81. The third-order valence-electron chi connectivity index (χ3n) is 4.23. The maximum absolute atomic E-state index is 13.0. The zero-order valence-corrected chi connectivity index (χ0v) is 15.8. The quantitative estimate of drug-likeness (QED) is 0.625. The second-order valence-corrected chi connectivity index (χ2v) is 6.54. The summed E-state index contributed by atoms with van der Waals surface area (Å²) in [4.78, 5) is 30.1. The van der Waals surface area contributed by atoms with Crippen LogP contribution in [0.4, 0.5) is 10.5 Å². The maximum atomic E-state index is 13.0. The van der Waals surface area contributed by atoms with Crippen molar-refractivity contribution in [3.05, 3.63) is 64.8 Å². The van der Waals surface area contributed by atoms with Crippen LogP contribution >= 0.6 is 11.6 Å². The van der Waals surface area contributed by atoms with E-state index in [0.717, 1.165) is 0 Å². The summed E-state index contributed by atoms with van der Waals surface area (Å²) < 4.78 is 5.00. The number of carbonyl (C=O) groups is 2. The summed E-state index contributed by atoms with van der Waals surface area (Å²) in [5, 5.41) is 4.10. The number of methoxy groups -OCH3 is 1. The second-order valence-electron chi connectivity index (χ2n) is 6.10. The average molecular weight is 386 g/mol. The number of ether oxygens (including phenoxy) is 1. The summed E-state index contributed by atoms with van der Waals surface area (Å²) in [5.74, 6) is -0.210. The molecule has 2 N–H and O–H groups in total. The van der Waals surface area contributed by atoms with E-state index in [2.05, 4.69) is 10.3 Å². The van der Waals surface area contributed by atoms with E-state index >= 15 is 0 Å². The van der Waals surface area contributed by atoms with Crippen LogP contribution in [0.2, 0.25) is 5.02 Å². The highest BCUT2D eigenvalue weighted by molar-refractivity contribution is 6.31. The van der Waals surface area contributed by atoms with Crippen molar-refractivity contribution in [2.24, 2.45) is 0 Å². The number of urea groups is 1. The Morgan fingerprint density at radius 3 is 2.63 bits per heavy atom. The van der Waals surface area contributed by atoms with Crippen molar-refractivity contribution in [3.63, 3.8) is 0 Å². The van der Waals surface area contributed by atoms with Gasteiger partial charge >= 0.3 is 6.03 Å². The number of anilines is 1. The van der Waals surface area contributed by atoms with Gasteiger partial charge in [-0.1, -0.05) is 41.9 Å². The summed E-state index contributed by atoms with van der Waals surface area (Å²) in [6.07, 6.45) is 0. The van der Waals surface area contributed by atoms with Crippen molar-refractivity contribution in [1.29, 1.82) is 0 Å². The molecule has 0 unspecified atom stereocenters. The molecule has 0 aliphatic heterocycles. The highest BCUT2D eigenvalue weighted by atomic mass is 35.5. The molecule has 0 aliphatic rings. The van der Waals surface area contributed by atoms with E-state index in [9.17, 15) is 9.59 Å². The molecule has 1 aromatic heterocycles. The summed E-state index contributed by atoms with van der Waals surface area (Å²) in [6.45, 7) is 0.849. The number of carbonyl (C=O) groups excluding carboxylic acids is 2. The standard InChI is InChI=1S/C20H20ClN3O3/c1-24(10-11-27-2)20(26)23-17-15-9-8-14(21)12-16(15)22-18(17)19(25)13-6-4-3-5-7-13/h3-9,12,22H,10-11H2,1-2H3,(H,23,26). The Labute approximate surface area is 162 Å². The number of rotatable bonds is 6. The van der Waals surface area contributed by atoms with Crippen LogP contribution in [0.25, 0.3) is 10.9 Å². The lowest BCUT2D eigenvalue weighted by Gasteiger charge is -2.17. The number of aromatic amines is 1. The molecule has 0 spiro atoms. The number of fused-ring (bicyclic) bond motifs is 1. The SMILES string of the molecule is COCCN(C)C(=O)Nc1c(C(=O)c2ccccc2)[nH]c2cc(Cl)ccc12. The molecule has 0 fully saturated rings. The van der Waals surface area contributed by atoms with Gasteiger partial charge in [0.15, 0.2) is 0 Å². The Morgan fingerprint density at radius 1 is 1.19 bits per heavy atom. The first-order chi connectivity index (χ1) is 13.0. The van der Waals surface area contributed by atoms with Gasteiger partial charge in [-0.05, 0) is 18.2 Å². The maximum Gasteiger partial charge on any atom is 0.321 e. The Hall–Kier alpha value is -2.83. The van der Waals surface area contributed by atoms with Crippen LogP contribution in [0, 0.1) is 0 Å². The number of halogens is 1. The lowest BCUT2D eigenvalue weighted by molar-refractivity contribution is 0.103. The van der Waals surface area contributed by atoms with Gasteiger partial charge in [0.1, 0.15) is 5.69 Å². The topological polar surface area (TPSA) is 74.4 Å². The molecule has 27 heavy (non-hydrogen) atoms. The molecule has 6 nitrogen and oxygen atoms in total. The lowest BCUT2D eigenvalue weighted by Crippen LogP contribution is -2.34. The van der Waals surface area contributed by atoms with Crippen molar-refractivity contribution in [2.45, 2.75) is 0 Å². The molecule has 2 amide bonds. The van der Waals surface area contributed by atoms with Crippen LogP contribution in [0.1, 0.15) is 16.1 Å². The Morgan fingerprint density at radius 2 is 1.93 bits per heavy atom. The van der Waals surface area contributed by atoms with Crippen LogP contribution < -0.4 is 5.32 Å². The van der Waals surface area contributed by atoms with Gasteiger partial charge in [0.2, 0.25) is 5.78 Å². The van der Waals surface area contributed by atoms with Gasteiger partial charge in [-0.3, -0.25) is 4.79 Å². The van der Waals surface area contributed by atoms with Gasteiger partial charge < -0.3 is 19.9 Å². The number of benzene rings is 2.